The fourth-order valence-electron chi connectivity index (χ4n) is 7.44. The van der Waals surface area contributed by atoms with Crippen LogP contribution in [0.4, 0.5) is 21.0 Å². The monoisotopic (exact) mass is 858 g/mol. The third-order valence-electron chi connectivity index (χ3n) is 10.7. The second kappa shape index (κ2) is 16.6. The van der Waals surface area contributed by atoms with Gasteiger partial charge in [0.05, 0.1) is 37.6 Å². The predicted octanol–water partition coefficient (Wildman–Crippen LogP) is 5.59. The minimum absolute atomic E-state index is 0.122. The second-order valence-electron chi connectivity index (χ2n) is 18.5. The number of anilines is 2. The number of amidine groups is 2. The fraction of sp³-hybridized carbons (Fsp3) is 0.545. The number of carbonyl (C=O) groups is 4. The Morgan fingerprint density at radius 3 is 1.56 bits per heavy atom. The Bertz CT molecular complexity index is 2210. The largest absolute Gasteiger partial charge is 0.486 e. The maximum absolute atomic E-state index is 12.2. The lowest BCUT2D eigenvalue weighted by Gasteiger charge is -2.41. The van der Waals surface area contributed by atoms with Crippen LogP contribution in [0.2, 0.25) is 0 Å². The first-order valence-corrected chi connectivity index (χ1v) is 20.9. The molecule has 0 spiro atoms. The van der Waals surface area contributed by atoms with Crippen LogP contribution in [-0.2, 0) is 19.1 Å². The highest BCUT2D eigenvalue weighted by Gasteiger charge is 2.41. The first-order valence-electron chi connectivity index (χ1n) is 20.9. The zero-order chi connectivity index (χ0) is 45.0. The van der Waals surface area contributed by atoms with E-state index in [4.69, 9.17) is 28.4 Å². The normalized spacial score (nSPS) is 20.6. The van der Waals surface area contributed by atoms with Crippen LogP contribution in [0.25, 0.3) is 5.57 Å². The molecule has 18 heteroatoms. The zero-order valence-electron chi connectivity index (χ0n) is 37.4. The van der Waals surface area contributed by atoms with Crippen molar-refractivity contribution in [2.24, 2.45) is 10.2 Å². The number of rotatable bonds is 6. The van der Waals surface area contributed by atoms with E-state index in [0.717, 1.165) is 33.8 Å². The highest BCUT2D eigenvalue weighted by Crippen LogP contribution is 2.44. The summed E-state index contributed by atoms with van der Waals surface area (Å²) in [6.45, 7) is 27.2. The Morgan fingerprint density at radius 2 is 1.15 bits per heavy atom. The van der Waals surface area contributed by atoms with Crippen LogP contribution in [0.15, 0.2) is 41.0 Å². The molecule has 6 aliphatic heterocycles. The molecule has 2 unspecified atom stereocenters. The van der Waals surface area contributed by atoms with Gasteiger partial charge in [-0.1, -0.05) is 20.4 Å². The van der Waals surface area contributed by atoms with Crippen LogP contribution in [0.5, 0.6) is 23.0 Å². The van der Waals surface area contributed by atoms with Crippen molar-refractivity contribution in [2.75, 3.05) is 49.2 Å². The van der Waals surface area contributed by atoms with Crippen molar-refractivity contribution in [2.45, 2.75) is 118 Å². The van der Waals surface area contributed by atoms with Crippen LogP contribution < -0.4 is 39.6 Å². The van der Waals surface area contributed by atoms with Crippen LogP contribution in [-0.4, -0.2) is 120 Å². The number of amides is 4. The number of hydrazone groups is 2. The van der Waals surface area contributed by atoms with Crippen LogP contribution in [0.1, 0.15) is 93.2 Å². The van der Waals surface area contributed by atoms with Gasteiger partial charge in [-0.05, 0) is 85.9 Å². The minimum atomic E-state index is -0.536. The van der Waals surface area contributed by atoms with Gasteiger partial charge in [0.25, 0.3) is 11.8 Å². The Labute approximate surface area is 362 Å². The van der Waals surface area contributed by atoms with Gasteiger partial charge in [0.2, 0.25) is 0 Å². The molecule has 0 aromatic heterocycles. The van der Waals surface area contributed by atoms with Gasteiger partial charge in [-0.3, -0.25) is 9.59 Å². The average molecular weight is 859 g/mol. The Kier molecular flexibility index (Phi) is 11.7. The van der Waals surface area contributed by atoms with E-state index in [1.54, 1.807) is 9.80 Å². The van der Waals surface area contributed by atoms with E-state index >= 15 is 0 Å². The number of allylic oxidation sites excluding steroid dienone is 1. The van der Waals surface area contributed by atoms with Crippen molar-refractivity contribution in [3.05, 3.63) is 42.0 Å². The summed E-state index contributed by atoms with van der Waals surface area (Å²) in [7, 11) is 0. The molecule has 2 fully saturated rings. The van der Waals surface area contributed by atoms with Gasteiger partial charge in [-0.15, -0.1) is 0 Å². The summed E-state index contributed by atoms with van der Waals surface area (Å²) in [5, 5.41) is 8.25. The third kappa shape index (κ3) is 9.18. The van der Waals surface area contributed by atoms with Gasteiger partial charge in [0.15, 0.2) is 11.7 Å². The minimum Gasteiger partial charge on any atom is -0.486 e. The average Bonchev–Trinajstić information content (AvgIpc) is 3.14. The fourth-order valence-corrected chi connectivity index (χ4v) is 7.44. The van der Waals surface area contributed by atoms with Crippen molar-refractivity contribution >= 4 is 52.6 Å². The SMILES string of the molecule is C=C(C)c1cc2c(cc1OC1CN(C(=O)OC(C)(C)C)C1)N1C(=NNC(=O)C1C)CO2.CC(C)c1cc2c(cc1OC1CN(C(=O)OC(C)(C)C)C1)N1C(=NNC(=O)C1C)CO2. The van der Waals surface area contributed by atoms with Crippen molar-refractivity contribution in [1.29, 1.82) is 0 Å². The van der Waals surface area contributed by atoms with Crippen molar-refractivity contribution in [3.8, 4) is 23.0 Å². The second-order valence-corrected chi connectivity index (χ2v) is 18.5. The number of nitrogens with zero attached hydrogens (tertiary/aromatic N) is 6. The van der Waals surface area contributed by atoms with E-state index in [9.17, 15) is 19.2 Å². The lowest BCUT2D eigenvalue weighted by molar-refractivity contribution is -0.123. The maximum atomic E-state index is 12.2. The van der Waals surface area contributed by atoms with Gasteiger partial charge in [-0.25, -0.2) is 20.4 Å². The Balaban J connectivity index is 0.000000186. The number of fused-ring (bicyclic) bond motifs is 6. The van der Waals surface area contributed by atoms with Crippen LogP contribution in [0, 0.1) is 0 Å². The molecule has 2 aromatic rings. The highest BCUT2D eigenvalue weighted by atomic mass is 16.6. The van der Waals surface area contributed by atoms with Gasteiger partial charge in [-0.2, -0.15) is 10.2 Å². The molecule has 8 rings (SSSR count). The number of benzene rings is 2. The highest BCUT2D eigenvalue weighted by molar-refractivity contribution is 6.10. The molecule has 18 nitrogen and oxygen atoms in total. The van der Waals surface area contributed by atoms with E-state index in [2.05, 4.69) is 41.5 Å². The molecule has 62 heavy (non-hydrogen) atoms. The van der Waals surface area contributed by atoms with Crippen molar-refractivity contribution in [1.82, 2.24) is 20.7 Å². The predicted molar refractivity (Wildman–Crippen MR) is 232 cm³/mol. The lowest BCUT2D eigenvalue weighted by atomic mass is 9.99. The summed E-state index contributed by atoms with van der Waals surface area (Å²) in [4.78, 5) is 55.7. The standard InChI is InChI=1S/C22H30N4O5.C22H28N4O5/c2*1-12(2)15-7-18-16(26-13(3)20(27)24-23-19(26)11-29-18)8-17(15)30-14-9-25(10-14)21(28)31-22(4,5)6/h7-8,12-14H,9-11H2,1-6H3,(H,24,27);7-8,13-14H,1,9-11H2,2-6H3,(H,24,27). The van der Waals surface area contributed by atoms with Crippen molar-refractivity contribution < 1.29 is 47.6 Å². The van der Waals surface area contributed by atoms with Crippen molar-refractivity contribution in [3.63, 3.8) is 0 Å². The van der Waals surface area contributed by atoms with Gasteiger partial charge in [0.1, 0.15) is 71.7 Å². The van der Waals surface area contributed by atoms with E-state index in [0.29, 0.717) is 61.7 Å². The third-order valence-corrected chi connectivity index (χ3v) is 10.7. The molecular weight excluding hydrogens is 801 g/mol. The molecule has 2 N–H and O–H groups in total. The Hall–Kier alpha value is -6.20. The molecule has 0 bridgehead atoms. The van der Waals surface area contributed by atoms with E-state index < -0.39 is 23.3 Å². The molecule has 4 amide bonds. The quantitative estimate of drug-likeness (QED) is 0.368. The van der Waals surface area contributed by atoms with Crippen LogP contribution in [0.3, 0.4) is 0 Å². The summed E-state index contributed by atoms with van der Waals surface area (Å²) < 4.78 is 35.1. The number of carbonyl (C=O) groups excluding carboxylic acids is 4. The Morgan fingerprint density at radius 1 is 0.726 bits per heavy atom. The first-order chi connectivity index (χ1) is 29.1. The molecule has 6 aliphatic rings. The lowest BCUT2D eigenvalue weighted by Crippen LogP contribution is -2.57. The van der Waals surface area contributed by atoms with Gasteiger partial charge >= 0.3 is 12.2 Å². The topological polar surface area (TPSA) is 185 Å². The van der Waals surface area contributed by atoms with E-state index in [1.807, 2.05) is 96.4 Å². The van der Waals surface area contributed by atoms with E-state index in [-0.39, 0.29) is 48.7 Å². The molecule has 2 saturated heterocycles. The first kappa shape index (κ1) is 43.9. The van der Waals surface area contributed by atoms with Gasteiger partial charge in [0, 0.05) is 23.3 Å². The molecule has 0 radical (unpaired) electrons. The number of hydrogen-bond donors (Lipinski definition) is 2. The molecule has 0 saturated carbocycles. The summed E-state index contributed by atoms with van der Waals surface area (Å²) in [5.41, 5.74) is 8.14. The molecule has 2 atom stereocenters. The number of likely N-dealkylation sites (tertiary alicyclic amines) is 2. The molecule has 2 aromatic carbocycles. The van der Waals surface area contributed by atoms with Gasteiger partial charge < -0.3 is 48.0 Å². The summed E-state index contributed by atoms with van der Waals surface area (Å²) in [6.07, 6.45) is -0.962. The summed E-state index contributed by atoms with van der Waals surface area (Å²) in [5.74, 6) is 3.86. The summed E-state index contributed by atoms with van der Waals surface area (Å²) >= 11 is 0. The van der Waals surface area contributed by atoms with Crippen LogP contribution >= 0.6 is 0 Å². The molecule has 0 aliphatic carbocycles. The molecule has 334 valence electrons. The number of ether oxygens (including phenoxy) is 6. The summed E-state index contributed by atoms with van der Waals surface area (Å²) in [6, 6.07) is 6.82. The van der Waals surface area contributed by atoms with E-state index in [1.165, 1.54) is 0 Å². The zero-order valence-corrected chi connectivity index (χ0v) is 37.4. The number of nitrogens with one attached hydrogen (secondary N) is 2. The number of hydrogen-bond acceptors (Lipinski definition) is 14. The smallest absolute Gasteiger partial charge is 0.410 e. The maximum Gasteiger partial charge on any atom is 0.410 e. The molecule has 6 heterocycles. The molecular formula is C44H58N8O10.